The van der Waals surface area contributed by atoms with Crippen LogP contribution in [0.4, 0.5) is 0 Å². The molecule has 110 valence electrons. The van der Waals surface area contributed by atoms with Gasteiger partial charge < -0.3 is 19.5 Å². The molecule has 1 aromatic rings. The molecule has 1 aromatic carbocycles. The predicted octanol–water partition coefficient (Wildman–Crippen LogP) is 1.30. The van der Waals surface area contributed by atoms with Crippen molar-refractivity contribution in [3.8, 4) is 11.5 Å². The molecular weight excluding hydrogens is 286 g/mol. The molecular formula is C13H16ClNO5. The zero-order chi connectivity index (χ0) is 15.0. The largest absolute Gasteiger partial charge is 0.493 e. The lowest BCUT2D eigenvalue weighted by Crippen LogP contribution is -2.31. The number of carbonyl (C=O) groups is 2. The van der Waals surface area contributed by atoms with E-state index in [0.717, 1.165) is 0 Å². The second-order valence-electron chi connectivity index (χ2n) is 3.78. The van der Waals surface area contributed by atoms with Crippen molar-refractivity contribution < 1.29 is 23.8 Å². The number of aldehydes is 1. The summed E-state index contributed by atoms with van der Waals surface area (Å²) in [6.07, 6.45) is 0.648. The van der Waals surface area contributed by atoms with Crippen LogP contribution in [0.15, 0.2) is 12.1 Å². The molecule has 7 heteroatoms. The maximum Gasteiger partial charge on any atom is 0.258 e. The van der Waals surface area contributed by atoms with Gasteiger partial charge in [-0.05, 0) is 12.1 Å². The SMILES string of the molecule is COCCNC(=O)COc1c(Cl)cc(C=O)cc1OC. The highest BCUT2D eigenvalue weighted by Crippen LogP contribution is 2.35. The van der Waals surface area contributed by atoms with E-state index >= 15 is 0 Å². The highest BCUT2D eigenvalue weighted by Gasteiger charge is 2.13. The Morgan fingerprint density at radius 2 is 2.15 bits per heavy atom. The first kappa shape index (κ1) is 16.3. The number of rotatable bonds is 8. The first-order valence-electron chi connectivity index (χ1n) is 5.83. The lowest BCUT2D eigenvalue weighted by atomic mass is 10.2. The highest BCUT2D eigenvalue weighted by molar-refractivity contribution is 6.32. The van der Waals surface area contributed by atoms with Crippen LogP contribution in [0.3, 0.4) is 0 Å². The quantitative estimate of drug-likeness (QED) is 0.579. The number of methoxy groups -OCH3 is 2. The number of carbonyl (C=O) groups excluding carboxylic acids is 2. The van der Waals surface area contributed by atoms with Crippen LogP contribution in [-0.4, -0.2) is 46.2 Å². The molecule has 1 N–H and O–H groups in total. The molecule has 0 aliphatic heterocycles. The predicted molar refractivity (Wildman–Crippen MR) is 73.8 cm³/mol. The maximum atomic E-state index is 11.5. The molecule has 0 saturated heterocycles. The molecule has 20 heavy (non-hydrogen) atoms. The van der Waals surface area contributed by atoms with Crippen molar-refractivity contribution in [1.82, 2.24) is 5.32 Å². The topological polar surface area (TPSA) is 73.9 Å². The van der Waals surface area contributed by atoms with Crippen LogP contribution in [0.25, 0.3) is 0 Å². The van der Waals surface area contributed by atoms with Crippen LogP contribution in [0, 0.1) is 0 Å². The molecule has 0 heterocycles. The van der Waals surface area contributed by atoms with Crippen LogP contribution in [-0.2, 0) is 9.53 Å². The number of hydrogen-bond donors (Lipinski definition) is 1. The van der Waals surface area contributed by atoms with Crippen molar-refractivity contribution >= 4 is 23.8 Å². The Balaban J connectivity index is 2.67. The van der Waals surface area contributed by atoms with Crippen molar-refractivity contribution in [3.05, 3.63) is 22.7 Å². The maximum absolute atomic E-state index is 11.5. The van der Waals surface area contributed by atoms with Crippen molar-refractivity contribution in [2.75, 3.05) is 34.0 Å². The summed E-state index contributed by atoms with van der Waals surface area (Å²) in [6.45, 7) is 0.609. The first-order chi connectivity index (χ1) is 9.62. The summed E-state index contributed by atoms with van der Waals surface area (Å²) in [7, 11) is 2.97. The lowest BCUT2D eigenvalue weighted by Gasteiger charge is -2.12. The van der Waals surface area contributed by atoms with E-state index < -0.39 is 0 Å². The summed E-state index contributed by atoms with van der Waals surface area (Å²) in [5, 5.41) is 2.81. The third-order valence-corrected chi connectivity index (χ3v) is 2.64. The molecule has 1 rings (SSSR count). The molecule has 0 atom stereocenters. The van der Waals surface area contributed by atoms with Crippen molar-refractivity contribution in [1.29, 1.82) is 0 Å². The van der Waals surface area contributed by atoms with E-state index in [4.69, 9.17) is 25.8 Å². The Morgan fingerprint density at radius 1 is 1.40 bits per heavy atom. The Morgan fingerprint density at radius 3 is 2.75 bits per heavy atom. The van der Waals surface area contributed by atoms with Gasteiger partial charge in [-0.2, -0.15) is 0 Å². The molecule has 0 spiro atoms. The van der Waals surface area contributed by atoms with E-state index in [1.165, 1.54) is 19.2 Å². The molecule has 0 aliphatic carbocycles. The van der Waals surface area contributed by atoms with Gasteiger partial charge in [0.25, 0.3) is 5.91 Å². The van der Waals surface area contributed by atoms with Gasteiger partial charge in [-0.3, -0.25) is 9.59 Å². The average Bonchev–Trinajstić information content (AvgIpc) is 2.45. The van der Waals surface area contributed by atoms with Crippen LogP contribution >= 0.6 is 11.6 Å². The van der Waals surface area contributed by atoms with E-state index in [0.29, 0.717) is 30.8 Å². The zero-order valence-corrected chi connectivity index (χ0v) is 12.0. The molecule has 0 aliphatic rings. The summed E-state index contributed by atoms with van der Waals surface area (Å²) in [4.78, 5) is 22.2. The Labute approximate surface area is 122 Å². The molecule has 0 aromatic heterocycles. The molecule has 1 amide bonds. The second-order valence-corrected chi connectivity index (χ2v) is 4.19. The minimum Gasteiger partial charge on any atom is -0.493 e. The minimum absolute atomic E-state index is 0.205. The van der Waals surface area contributed by atoms with E-state index in [1.807, 2.05) is 0 Å². The second kappa shape index (κ2) is 8.39. The van der Waals surface area contributed by atoms with E-state index in [2.05, 4.69) is 5.32 Å². The Bertz CT molecular complexity index is 478. The van der Waals surface area contributed by atoms with E-state index in [-0.39, 0.29) is 23.3 Å². The molecule has 6 nitrogen and oxygen atoms in total. The van der Waals surface area contributed by atoms with Crippen molar-refractivity contribution in [3.63, 3.8) is 0 Å². The summed E-state index contributed by atoms with van der Waals surface area (Å²) in [6, 6.07) is 2.92. The van der Waals surface area contributed by atoms with E-state index in [1.54, 1.807) is 7.11 Å². The third kappa shape index (κ3) is 4.71. The normalized spacial score (nSPS) is 9.95. The van der Waals surface area contributed by atoms with Gasteiger partial charge in [0, 0.05) is 19.2 Å². The van der Waals surface area contributed by atoms with Crippen molar-refractivity contribution in [2.24, 2.45) is 0 Å². The molecule has 0 radical (unpaired) electrons. The van der Waals surface area contributed by atoms with Crippen LogP contribution in [0.2, 0.25) is 5.02 Å². The average molecular weight is 302 g/mol. The van der Waals surface area contributed by atoms with Gasteiger partial charge in [-0.25, -0.2) is 0 Å². The smallest absolute Gasteiger partial charge is 0.258 e. The minimum atomic E-state index is -0.306. The standard InChI is InChI=1S/C13H16ClNO5/c1-18-4-3-15-12(17)8-20-13-10(14)5-9(7-16)6-11(13)19-2/h5-7H,3-4,8H2,1-2H3,(H,15,17). The fourth-order valence-electron chi connectivity index (χ4n) is 1.43. The molecule has 0 bridgehead atoms. The monoisotopic (exact) mass is 301 g/mol. The molecule has 0 saturated carbocycles. The number of hydrogen-bond acceptors (Lipinski definition) is 5. The fraction of sp³-hybridized carbons (Fsp3) is 0.385. The summed E-state index contributed by atoms with van der Waals surface area (Å²) in [5.74, 6) is 0.214. The van der Waals surface area contributed by atoms with E-state index in [9.17, 15) is 9.59 Å². The Kier molecular flexibility index (Phi) is 6.83. The van der Waals surface area contributed by atoms with Gasteiger partial charge in [0.05, 0.1) is 18.7 Å². The van der Waals surface area contributed by atoms with Gasteiger partial charge in [-0.1, -0.05) is 11.6 Å². The number of ether oxygens (including phenoxy) is 3. The highest BCUT2D eigenvalue weighted by atomic mass is 35.5. The molecule has 0 unspecified atom stereocenters. The number of halogens is 1. The zero-order valence-electron chi connectivity index (χ0n) is 11.3. The first-order valence-corrected chi connectivity index (χ1v) is 6.21. The fourth-order valence-corrected chi connectivity index (χ4v) is 1.70. The van der Waals surface area contributed by atoms with Gasteiger partial charge >= 0.3 is 0 Å². The van der Waals surface area contributed by atoms with Crippen LogP contribution < -0.4 is 14.8 Å². The molecule has 0 fully saturated rings. The number of amides is 1. The van der Waals surface area contributed by atoms with Crippen molar-refractivity contribution in [2.45, 2.75) is 0 Å². The number of nitrogens with one attached hydrogen (secondary N) is 1. The van der Waals surface area contributed by atoms with Gasteiger partial charge in [0.15, 0.2) is 18.1 Å². The van der Waals surface area contributed by atoms with Crippen LogP contribution in [0.5, 0.6) is 11.5 Å². The lowest BCUT2D eigenvalue weighted by molar-refractivity contribution is -0.123. The van der Waals surface area contributed by atoms with Gasteiger partial charge in [0.2, 0.25) is 0 Å². The summed E-state index contributed by atoms with van der Waals surface area (Å²) < 4.78 is 15.2. The number of benzene rings is 1. The van der Waals surface area contributed by atoms with Crippen LogP contribution in [0.1, 0.15) is 10.4 Å². The Hall–Kier alpha value is -1.79. The van der Waals surface area contributed by atoms with Gasteiger partial charge in [0.1, 0.15) is 6.29 Å². The van der Waals surface area contributed by atoms with Gasteiger partial charge in [-0.15, -0.1) is 0 Å². The summed E-state index contributed by atoms with van der Waals surface area (Å²) in [5.41, 5.74) is 0.365. The summed E-state index contributed by atoms with van der Waals surface area (Å²) >= 11 is 5.99. The third-order valence-electron chi connectivity index (χ3n) is 2.36.